The molecule has 0 saturated heterocycles. The van der Waals surface area contributed by atoms with Gasteiger partial charge in [0.2, 0.25) is 0 Å². The van der Waals surface area contributed by atoms with E-state index in [1.54, 1.807) is 25.1 Å². The number of nitrogens with zero attached hydrogens (tertiary/aromatic N) is 2. The molecule has 0 aliphatic carbocycles. The van der Waals surface area contributed by atoms with E-state index < -0.39 is 9.84 Å². The fourth-order valence-electron chi connectivity index (χ4n) is 4.02. The summed E-state index contributed by atoms with van der Waals surface area (Å²) in [4.78, 5) is 5.03. The van der Waals surface area contributed by atoms with Gasteiger partial charge in [-0.2, -0.15) is 0 Å². The van der Waals surface area contributed by atoms with Gasteiger partial charge in [-0.1, -0.05) is 69.3 Å². The van der Waals surface area contributed by atoms with E-state index in [9.17, 15) is 8.42 Å². The van der Waals surface area contributed by atoms with Crippen LogP contribution in [0.25, 0.3) is 28.2 Å². The molecule has 0 radical (unpaired) electrons. The predicted molar refractivity (Wildman–Crippen MR) is 131 cm³/mol. The third-order valence-electron chi connectivity index (χ3n) is 5.83. The van der Waals surface area contributed by atoms with Crippen LogP contribution in [0, 0.1) is 6.92 Å². The van der Waals surface area contributed by atoms with Gasteiger partial charge in [0, 0.05) is 18.0 Å². The minimum atomic E-state index is -3.24. The van der Waals surface area contributed by atoms with Crippen molar-refractivity contribution in [3.05, 3.63) is 90.3 Å². The lowest BCUT2D eigenvalue weighted by molar-refractivity contribution is 0.597. The smallest absolute Gasteiger partial charge is 0.178 e. The van der Waals surface area contributed by atoms with Gasteiger partial charge in [-0.3, -0.25) is 4.57 Å². The lowest BCUT2D eigenvalue weighted by Crippen LogP contribution is -2.03. The molecule has 0 aliphatic heterocycles. The Balaban J connectivity index is 1.77. The molecule has 0 atom stereocenters. The third-order valence-corrected chi connectivity index (χ3v) is 7.57. The lowest BCUT2D eigenvalue weighted by atomic mass is 9.98. The van der Waals surface area contributed by atoms with Crippen molar-refractivity contribution in [1.29, 1.82) is 0 Å². The highest BCUT2D eigenvalue weighted by molar-refractivity contribution is 7.91. The van der Waals surface area contributed by atoms with Crippen molar-refractivity contribution < 1.29 is 8.42 Å². The largest absolute Gasteiger partial charge is 0.300 e. The molecular weight excluding hydrogens is 416 g/mol. The molecular formula is C27H28N2O2S. The van der Waals surface area contributed by atoms with Gasteiger partial charge < -0.3 is 0 Å². The van der Waals surface area contributed by atoms with Crippen molar-refractivity contribution in [1.82, 2.24) is 9.55 Å². The number of para-hydroxylation sites is 1. The van der Waals surface area contributed by atoms with E-state index in [0.717, 1.165) is 33.8 Å². The summed E-state index contributed by atoms with van der Waals surface area (Å²) in [5.74, 6) is 1.38. The molecule has 4 rings (SSSR count). The van der Waals surface area contributed by atoms with E-state index in [1.165, 1.54) is 5.56 Å². The zero-order chi connectivity index (χ0) is 22.9. The minimum absolute atomic E-state index is 0.0922. The summed E-state index contributed by atoms with van der Waals surface area (Å²) in [5.41, 5.74) is 6.42. The molecule has 0 saturated carbocycles. The Bertz CT molecular complexity index is 1370. The summed E-state index contributed by atoms with van der Waals surface area (Å²) in [7, 11) is -3.24. The van der Waals surface area contributed by atoms with E-state index in [-0.39, 0.29) is 5.75 Å². The maximum atomic E-state index is 12.3. The van der Waals surface area contributed by atoms with Crippen molar-refractivity contribution >= 4 is 9.84 Å². The Labute approximate surface area is 190 Å². The Morgan fingerprint density at radius 2 is 1.69 bits per heavy atom. The van der Waals surface area contributed by atoms with Crippen molar-refractivity contribution in [2.75, 3.05) is 5.75 Å². The number of aromatic nitrogens is 2. The van der Waals surface area contributed by atoms with E-state index in [2.05, 4.69) is 66.7 Å². The predicted octanol–water partition coefficient (Wildman–Crippen LogP) is 6.43. The zero-order valence-electron chi connectivity index (χ0n) is 18.9. The molecule has 0 bridgehead atoms. The SMILES string of the molecule is CCS(=O)(=O)c1cccc(-c2ccc(-c3nccn3-c3ccccc3C(C)C)c(C)c2)c1. The number of sulfone groups is 1. The normalized spacial score (nSPS) is 11.8. The first-order valence-corrected chi connectivity index (χ1v) is 12.5. The molecule has 0 amide bonds. The van der Waals surface area contributed by atoms with Gasteiger partial charge in [0.25, 0.3) is 0 Å². The second-order valence-corrected chi connectivity index (χ2v) is 10.6. The molecule has 1 aromatic heterocycles. The van der Waals surface area contributed by atoms with Crippen LogP contribution >= 0.6 is 0 Å². The van der Waals surface area contributed by atoms with Gasteiger partial charge in [0.1, 0.15) is 5.82 Å². The van der Waals surface area contributed by atoms with E-state index in [1.807, 2.05) is 24.5 Å². The molecule has 0 spiro atoms. The van der Waals surface area contributed by atoms with E-state index in [0.29, 0.717) is 10.8 Å². The standard InChI is InChI=1S/C27H28N2O2S/c1-5-32(30,31)23-10-8-9-21(18-23)22-13-14-25(20(4)17-22)27-28-15-16-29(27)26-12-7-6-11-24(26)19(2)3/h6-19H,5H2,1-4H3. The first kappa shape index (κ1) is 22.0. The van der Waals surface area contributed by atoms with Gasteiger partial charge in [-0.25, -0.2) is 13.4 Å². The molecule has 0 aliphatic rings. The van der Waals surface area contributed by atoms with Crippen LogP contribution in [0.2, 0.25) is 0 Å². The van der Waals surface area contributed by atoms with Crippen LogP contribution in [-0.4, -0.2) is 23.7 Å². The van der Waals surface area contributed by atoms with Crippen LogP contribution in [0.15, 0.2) is 84.0 Å². The monoisotopic (exact) mass is 444 g/mol. The second kappa shape index (κ2) is 8.75. The molecule has 0 N–H and O–H groups in total. The quantitative estimate of drug-likeness (QED) is 0.344. The first-order valence-electron chi connectivity index (χ1n) is 10.9. The highest BCUT2D eigenvalue weighted by atomic mass is 32.2. The molecule has 164 valence electrons. The summed E-state index contributed by atoms with van der Waals surface area (Å²) in [5, 5.41) is 0. The summed E-state index contributed by atoms with van der Waals surface area (Å²) in [6, 6.07) is 21.8. The Morgan fingerprint density at radius 3 is 2.41 bits per heavy atom. The average molecular weight is 445 g/mol. The van der Waals surface area contributed by atoms with Crippen molar-refractivity contribution in [2.45, 2.75) is 38.5 Å². The van der Waals surface area contributed by atoms with Crippen LogP contribution in [0.5, 0.6) is 0 Å². The van der Waals surface area contributed by atoms with Crippen LogP contribution < -0.4 is 0 Å². The topological polar surface area (TPSA) is 52.0 Å². The second-order valence-electron chi connectivity index (χ2n) is 8.30. The number of aryl methyl sites for hydroxylation is 1. The lowest BCUT2D eigenvalue weighted by Gasteiger charge is -2.17. The maximum Gasteiger partial charge on any atom is 0.178 e. The third kappa shape index (κ3) is 4.13. The van der Waals surface area contributed by atoms with Gasteiger partial charge in [-0.15, -0.1) is 0 Å². The molecule has 0 unspecified atom stereocenters. The number of rotatable bonds is 6. The Morgan fingerprint density at radius 1 is 0.938 bits per heavy atom. The number of imidazole rings is 1. The van der Waals surface area contributed by atoms with Gasteiger partial charge in [0.15, 0.2) is 9.84 Å². The number of hydrogen-bond donors (Lipinski definition) is 0. The van der Waals surface area contributed by atoms with Gasteiger partial charge in [0.05, 0.1) is 16.3 Å². The van der Waals surface area contributed by atoms with Crippen molar-refractivity contribution in [2.24, 2.45) is 0 Å². The van der Waals surface area contributed by atoms with Crippen molar-refractivity contribution in [3.8, 4) is 28.2 Å². The highest BCUT2D eigenvalue weighted by Crippen LogP contribution is 2.32. The molecule has 4 aromatic rings. The van der Waals surface area contributed by atoms with Crippen molar-refractivity contribution in [3.63, 3.8) is 0 Å². The molecule has 5 heteroatoms. The minimum Gasteiger partial charge on any atom is -0.300 e. The Hall–Kier alpha value is -3.18. The van der Waals surface area contributed by atoms with Gasteiger partial charge in [-0.05, 0) is 53.3 Å². The highest BCUT2D eigenvalue weighted by Gasteiger charge is 2.16. The number of hydrogen-bond acceptors (Lipinski definition) is 3. The van der Waals surface area contributed by atoms with Crippen LogP contribution in [0.1, 0.15) is 37.8 Å². The van der Waals surface area contributed by atoms with Crippen LogP contribution in [0.4, 0.5) is 0 Å². The fraction of sp³-hybridized carbons (Fsp3) is 0.222. The Kier molecular flexibility index (Phi) is 6.02. The molecule has 1 heterocycles. The summed E-state index contributed by atoms with van der Waals surface area (Å²) in [6.07, 6.45) is 3.84. The molecule has 3 aromatic carbocycles. The van der Waals surface area contributed by atoms with Crippen LogP contribution in [0.3, 0.4) is 0 Å². The molecule has 4 nitrogen and oxygen atoms in total. The van der Waals surface area contributed by atoms with E-state index in [4.69, 9.17) is 0 Å². The first-order chi connectivity index (χ1) is 15.3. The number of benzene rings is 3. The molecule has 0 fully saturated rings. The summed E-state index contributed by atoms with van der Waals surface area (Å²) < 4.78 is 26.7. The molecule has 32 heavy (non-hydrogen) atoms. The fourth-order valence-corrected chi connectivity index (χ4v) is 4.95. The average Bonchev–Trinajstić information content (AvgIpc) is 3.28. The van der Waals surface area contributed by atoms with Gasteiger partial charge >= 0.3 is 0 Å². The zero-order valence-corrected chi connectivity index (χ0v) is 19.7. The van der Waals surface area contributed by atoms with E-state index >= 15 is 0 Å². The maximum absolute atomic E-state index is 12.3. The summed E-state index contributed by atoms with van der Waals surface area (Å²) >= 11 is 0. The summed E-state index contributed by atoms with van der Waals surface area (Å²) in [6.45, 7) is 8.13. The van der Waals surface area contributed by atoms with Crippen LogP contribution in [-0.2, 0) is 9.84 Å².